The molecule has 0 fully saturated rings. The predicted molar refractivity (Wildman–Crippen MR) is 92.1 cm³/mol. The Balaban J connectivity index is 1.81. The molecule has 0 spiro atoms. The third-order valence-corrected chi connectivity index (χ3v) is 3.62. The maximum Gasteiger partial charge on any atom is 0.242 e. The van der Waals surface area contributed by atoms with Crippen LogP contribution in [0.5, 0.6) is 0 Å². The summed E-state index contributed by atoms with van der Waals surface area (Å²) in [7, 11) is 0. The van der Waals surface area contributed by atoms with Gasteiger partial charge in [0.15, 0.2) is 0 Å². The highest BCUT2D eigenvalue weighted by molar-refractivity contribution is 5.84. The molecular weight excluding hydrogens is 291 g/mol. The molecule has 0 aromatic heterocycles. The van der Waals surface area contributed by atoms with Crippen molar-refractivity contribution in [3.05, 3.63) is 65.0 Å². The van der Waals surface area contributed by atoms with E-state index < -0.39 is 0 Å². The first kappa shape index (κ1) is 17.0. The van der Waals surface area contributed by atoms with Gasteiger partial charge in [0.25, 0.3) is 0 Å². The summed E-state index contributed by atoms with van der Waals surface area (Å²) in [5, 5.41) is 6.12. The van der Waals surface area contributed by atoms with E-state index in [2.05, 4.69) is 16.7 Å². The summed E-state index contributed by atoms with van der Waals surface area (Å²) in [5.41, 5.74) is 4.28. The van der Waals surface area contributed by atoms with Gasteiger partial charge in [0.2, 0.25) is 5.91 Å². The zero-order chi connectivity index (χ0) is 16.8. The van der Waals surface area contributed by atoms with E-state index in [1.807, 2.05) is 32.9 Å². The summed E-state index contributed by atoms with van der Waals surface area (Å²) >= 11 is 0. The van der Waals surface area contributed by atoms with Gasteiger partial charge in [0, 0.05) is 12.2 Å². The Kier molecular flexibility index (Phi) is 5.74. The van der Waals surface area contributed by atoms with Gasteiger partial charge in [-0.2, -0.15) is 0 Å². The lowest BCUT2D eigenvalue weighted by molar-refractivity contribution is -0.121. The Bertz CT molecular complexity index is 647. The summed E-state index contributed by atoms with van der Waals surface area (Å²) in [6.07, 6.45) is 0.683. The number of benzene rings is 2. The summed E-state index contributed by atoms with van der Waals surface area (Å²) in [6, 6.07) is 12.2. The lowest BCUT2D eigenvalue weighted by Gasteiger charge is -2.16. The van der Waals surface area contributed by atoms with Gasteiger partial charge in [-0.25, -0.2) is 4.39 Å². The lowest BCUT2D eigenvalue weighted by atomic mass is 10.1. The molecule has 23 heavy (non-hydrogen) atoms. The number of aryl methyl sites for hydroxylation is 2. The molecule has 1 atom stereocenters. The topological polar surface area (TPSA) is 41.1 Å². The molecule has 1 unspecified atom stereocenters. The van der Waals surface area contributed by atoms with Crippen LogP contribution < -0.4 is 10.6 Å². The average Bonchev–Trinajstić information content (AvgIpc) is 2.48. The molecule has 0 aliphatic heterocycles. The first-order chi connectivity index (χ1) is 10.9. The molecule has 3 nitrogen and oxygen atoms in total. The summed E-state index contributed by atoms with van der Waals surface area (Å²) in [4.78, 5) is 12.1. The van der Waals surface area contributed by atoms with Gasteiger partial charge in [0.05, 0.1) is 0 Å². The highest BCUT2D eigenvalue weighted by atomic mass is 19.1. The smallest absolute Gasteiger partial charge is 0.242 e. The van der Waals surface area contributed by atoms with Crippen molar-refractivity contribution in [2.75, 3.05) is 11.9 Å². The normalized spacial score (nSPS) is 11.8. The number of nitrogens with one attached hydrogen (secondary N) is 2. The predicted octanol–water partition coefficient (Wildman–Crippen LogP) is 3.60. The van der Waals surface area contributed by atoms with Crippen LogP contribution in [0.25, 0.3) is 0 Å². The van der Waals surface area contributed by atoms with Gasteiger partial charge in [-0.3, -0.25) is 4.79 Å². The minimum Gasteiger partial charge on any atom is -0.374 e. The van der Waals surface area contributed by atoms with Crippen LogP contribution in [-0.4, -0.2) is 18.5 Å². The fourth-order valence-electron chi connectivity index (χ4n) is 2.51. The minimum absolute atomic E-state index is 0.0497. The van der Waals surface area contributed by atoms with E-state index in [9.17, 15) is 9.18 Å². The van der Waals surface area contributed by atoms with Crippen molar-refractivity contribution >= 4 is 11.6 Å². The number of carbonyl (C=O) groups is 1. The van der Waals surface area contributed by atoms with E-state index in [4.69, 9.17) is 0 Å². The van der Waals surface area contributed by atoms with E-state index >= 15 is 0 Å². The first-order valence-corrected chi connectivity index (χ1v) is 7.81. The monoisotopic (exact) mass is 314 g/mol. The highest BCUT2D eigenvalue weighted by Crippen LogP contribution is 2.14. The van der Waals surface area contributed by atoms with Crippen LogP contribution in [0, 0.1) is 19.7 Å². The summed E-state index contributed by atoms with van der Waals surface area (Å²) in [6.45, 7) is 6.44. The number of carbonyl (C=O) groups excluding carboxylic acids is 1. The second-order valence-corrected chi connectivity index (χ2v) is 5.91. The van der Waals surface area contributed by atoms with Gasteiger partial charge in [-0.05, 0) is 68.1 Å². The van der Waals surface area contributed by atoms with Gasteiger partial charge >= 0.3 is 0 Å². The maximum absolute atomic E-state index is 12.8. The van der Waals surface area contributed by atoms with E-state index in [-0.39, 0.29) is 17.8 Å². The van der Waals surface area contributed by atoms with E-state index in [0.29, 0.717) is 13.0 Å². The largest absolute Gasteiger partial charge is 0.374 e. The molecule has 2 rings (SSSR count). The Morgan fingerprint density at radius 2 is 1.70 bits per heavy atom. The van der Waals surface area contributed by atoms with Crippen molar-refractivity contribution in [2.24, 2.45) is 0 Å². The second-order valence-electron chi connectivity index (χ2n) is 5.91. The third kappa shape index (κ3) is 5.40. The number of hydrogen-bond donors (Lipinski definition) is 2. The molecule has 2 aromatic carbocycles. The molecule has 4 heteroatoms. The van der Waals surface area contributed by atoms with Crippen LogP contribution in [0.1, 0.15) is 23.6 Å². The van der Waals surface area contributed by atoms with Crippen molar-refractivity contribution < 1.29 is 9.18 Å². The van der Waals surface area contributed by atoms with Crippen LogP contribution in [-0.2, 0) is 11.2 Å². The van der Waals surface area contributed by atoms with Crippen LogP contribution in [0.15, 0.2) is 42.5 Å². The maximum atomic E-state index is 12.8. The quantitative estimate of drug-likeness (QED) is 0.855. The van der Waals surface area contributed by atoms with Gasteiger partial charge in [0.1, 0.15) is 11.9 Å². The molecular formula is C19H23FN2O. The zero-order valence-corrected chi connectivity index (χ0v) is 13.8. The third-order valence-electron chi connectivity index (χ3n) is 3.62. The summed E-state index contributed by atoms with van der Waals surface area (Å²) < 4.78 is 12.8. The Morgan fingerprint density at radius 3 is 2.30 bits per heavy atom. The number of amides is 1. The van der Waals surface area contributed by atoms with Crippen LogP contribution in [0.4, 0.5) is 10.1 Å². The van der Waals surface area contributed by atoms with E-state index in [1.54, 1.807) is 12.1 Å². The lowest BCUT2D eigenvalue weighted by Crippen LogP contribution is -2.38. The molecule has 1 amide bonds. The van der Waals surface area contributed by atoms with Crippen LogP contribution in [0.2, 0.25) is 0 Å². The fourth-order valence-corrected chi connectivity index (χ4v) is 2.51. The highest BCUT2D eigenvalue weighted by Gasteiger charge is 2.12. The Morgan fingerprint density at radius 1 is 1.09 bits per heavy atom. The Labute approximate surface area is 136 Å². The first-order valence-electron chi connectivity index (χ1n) is 7.81. The molecule has 122 valence electrons. The molecule has 0 heterocycles. The standard InChI is InChI=1S/C19H23FN2O/c1-13-10-14(2)12-18(11-13)22-15(3)19(23)21-9-8-16-4-6-17(20)7-5-16/h4-7,10-12,15,22H,8-9H2,1-3H3,(H,21,23). The SMILES string of the molecule is Cc1cc(C)cc(NC(C)C(=O)NCCc2ccc(F)cc2)c1. The molecule has 2 aromatic rings. The molecule has 0 saturated carbocycles. The van der Waals surface area contributed by atoms with Crippen molar-refractivity contribution in [2.45, 2.75) is 33.2 Å². The Hall–Kier alpha value is -2.36. The molecule has 0 aliphatic carbocycles. The number of anilines is 1. The zero-order valence-electron chi connectivity index (χ0n) is 13.8. The van der Waals surface area contributed by atoms with Crippen LogP contribution >= 0.6 is 0 Å². The van der Waals surface area contributed by atoms with Crippen molar-refractivity contribution in [1.82, 2.24) is 5.32 Å². The molecule has 0 radical (unpaired) electrons. The van der Waals surface area contributed by atoms with Gasteiger partial charge < -0.3 is 10.6 Å². The summed E-state index contributed by atoms with van der Waals surface area (Å²) in [5.74, 6) is -0.296. The average molecular weight is 314 g/mol. The molecule has 0 bridgehead atoms. The molecule has 0 saturated heterocycles. The van der Waals surface area contributed by atoms with E-state index in [1.165, 1.54) is 12.1 Å². The van der Waals surface area contributed by atoms with Gasteiger partial charge in [-0.1, -0.05) is 18.2 Å². The van der Waals surface area contributed by atoms with Crippen molar-refractivity contribution in [3.63, 3.8) is 0 Å². The molecule has 2 N–H and O–H groups in total. The van der Waals surface area contributed by atoms with Crippen molar-refractivity contribution in [1.29, 1.82) is 0 Å². The fraction of sp³-hybridized carbons (Fsp3) is 0.316. The molecule has 0 aliphatic rings. The van der Waals surface area contributed by atoms with Gasteiger partial charge in [-0.15, -0.1) is 0 Å². The minimum atomic E-state index is -0.315. The van der Waals surface area contributed by atoms with Crippen molar-refractivity contribution in [3.8, 4) is 0 Å². The number of halogens is 1. The van der Waals surface area contributed by atoms with E-state index in [0.717, 1.165) is 22.4 Å². The number of rotatable bonds is 6. The second kappa shape index (κ2) is 7.77. The van der Waals surface area contributed by atoms with Crippen LogP contribution in [0.3, 0.4) is 0 Å². The number of hydrogen-bond acceptors (Lipinski definition) is 2.